The molecule has 2 aromatic rings. The van der Waals surface area contributed by atoms with Crippen molar-refractivity contribution < 1.29 is 19.4 Å². The molecule has 2 aromatic carbocycles. The Bertz CT molecular complexity index is 636. The van der Waals surface area contributed by atoms with E-state index in [2.05, 4.69) is 0 Å². The number of carboxylic acid groups (broad SMARTS) is 1. The Morgan fingerprint density at radius 3 is 2.75 bits per heavy atom. The lowest BCUT2D eigenvalue weighted by atomic mass is 9.97. The van der Waals surface area contributed by atoms with Crippen LogP contribution in [0.25, 0.3) is 0 Å². The Kier molecular flexibility index (Phi) is 3.29. The van der Waals surface area contributed by atoms with Crippen molar-refractivity contribution in [2.45, 2.75) is 18.9 Å². The first-order chi connectivity index (χ1) is 9.74. The van der Waals surface area contributed by atoms with Crippen molar-refractivity contribution in [3.05, 3.63) is 59.7 Å². The van der Waals surface area contributed by atoms with Crippen LogP contribution in [-0.2, 0) is 6.42 Å². The Balaban J connectivity index is 1.90. The molecule has 1 N–H and O–H groups in total. The number of rotatable bonds is 2. The van der Waals surface area contributed by atoms with E-state index in [4.69, 9.17) is 14.6 Å². The topological polar surface area (TPSA) is 55.8 Å². The van der Waals surface area contributed by atoms with Crippen molar-refractivity contribution in [3.63, 3.8) is 0 Å². The Labute approximate surface area is 116 Å². The van der Waals surface area contributed by atoms with Crippen LogP contribution in [0.3, 0.4) is 0 Å². The number of hydrogen-bond acceptors (Lipinski definition) is 3. The first-order valence-corrected chi connectivity index (χ1v) is 6.48. The molecule has 0 saturated heterocycles. The number of aryl methyl sites for hydroxylation is 1. The molecule has 102 valence electrons. The van der Waals surface area contributed by atoms with Crippen molar-refractivity contribution in [1.29, 1.82) is 0 Å². The van der Waals surface area contributed by atoms with E-state index >= 15 is 0 Å². The third kappa shape index (κ3) is 2.45. The molecule has 0 radical (unpaired) electrons. The van der Waals surface area contributed by atoms with E-state index < -0.39 is 6.16 Å². The summed E-state index contributed by atoms with van der Waals surface area (Å²) in [6.07, 6.45) is 0.216. The van der Waals surface area contributed by atoms with Gasteiger partial charge in [0, 0.05) is 5.56 Å². The van der Waals surface area contributed by atoms with E-state index in [-0.39, 0.29) is 6.10 Å². The van der Waals surface area contributed by atoms with Gasteiger partial charge in [-0.05, 0) is 30.5 Å². The molecule has 1 aliphatic rings. The van der Waals surface area contributed by atoms with Crippen molar-refractivity contribution in [2.24, 2.45) is 0 Å². The molecule has 0 amide bonds. The van der Waals surface area contributed by atoms with E-state index in [9.17, 15) is 4.79 Å². The van der Waals surface area contributed by atoms with Gasteiger partial charge in [0.2, 0.25) is 0 Å². The summed E-state index contributed by atoms with van der Waals surface area (Å²) in [5.41, 5.74) is 1.95. The molecule has 1 heterocycles. The number of benzene rings is 2. The molecule has 1 unspecified atom stereocenters. The van der Waals surface area contributed by atoms with Gasteiger partial charge in [-0.3, -0.25) is 0 Å². The van der Waals surface area contributed by atoms with Gasteiger partial charge in [0.1, 0.15) is 17.6 Å². The first-order valence-electron chi connectivity index (χ1n) is 6.48. The minimum atomic E-state index is -1.31. The molecule has 4 heteroatoms. The average Bonchev–Trinajstić information content (AvgIpc) is 2.47. The van der Waals surface area contributed by atoms with Crippen LogP contribution in [0.5, 0.6) is 11.5 Å². The van der Waals surface area contributed by atoms with Gasteiger partial charge >= 0.3 is 6.16 Å². The van der Waals surface area contributed by atoms with Crippen LogP contribution in [0.15, 0.2) is 48.5 Å². The smallest absolute Gasteiger partial charge is 0.485 e. The maximum atomic E-state index is 10.7. The van der Waals surface area contributed by atoms with E-state index in [1.54, 1.807) is 12.1 Å². The van der Waals surface area contributed by atoms with E-state index in [1.165, 1.54) is 5.56 Å². The highest BCUT2D eigenvalue weighted by Gasteiger charge is 2.24. The highest BCUT2D eigenvalue weighted by molar-refractivity contribution is 5.62. The van der Waals surface area contributed by atoms with Crippen LogP contribution in [0, 0.1) is 0 Å². The van der Waals surface area contributed by atoms with Gasteiger partial charge in [0.25, 0.3) is 0 Å². The summed E-state index contributed by atoms with van der Waals surface area (Å²) in [6.45, 7) is 0. The number of para-hydroxylation sites is 2. The number of hydrogen-bond donors (Lipinski definition) is 1. The van der Waals surface area contributed by atoms with Crippen molar-refractivity contribution in [3.8, 4) is 11.5 Å². The summed E-state index contributed by atoms with van der Waals surface area (Å²) >= 11 is 0. The standard InChI is InChI=1S/C16H14O4/c17-16(18)20-14-8-4-2-6-12(14)15-10-9-11-5-1-3-7-13(11)19-15/h1-8,15H,9-10H2,(H,17,18). The van der Waals surface area contributed by atoms with Crippen LogP contribution in [0.2, 0.25) is 0 Å². The minimum Gasteiger partial charge on any atom is -0.485 e. The van der Waals surface area contributed by atoms with E-state index in [0.29, 0.717) is 5.75 Å². The van der Waals surface area contributed by atoms with Crippen molar-refractivity contribution in [2.75, 3.05) is 0 Å². The zero-order valence-electron chi connectivity index (χ0n) is 10.8. The molecule has 0 bridgehead atoms. The lowest BCUT2D eigenvalue weighted by Crippen LogP contribution is -2.16. The predicted molar refractivity (Wildman–Crippen MR) is 73.2 cm³/mol. The number of fused-ring (bicyclic) bond motifs is 1. The fourth-order valence-corrected chi connectivity index (χ4v) is 2.48. The lowest BCUT2D eigenvalue weighted by Gasteiger charge is -2.27. The third-order valence-electron chi connectivity index (χ3n) is 3.38. The van der Waals surface area contributed by atoms with Crippen LogP contribution >= 0.6 is 0 Å². The second kappa shape index (κ2) is 5.25. The molecule has 20 heavy (non-hydrogen) atoms. The van der Waals surface area contributed by atoms with Gasteiger partial charge in [-0.2, -0.15) is 0 Å². The SMILES string of the molecule is O=C(O)Oc1ccccc1C1CCc2ccccc2O1. The normalized spacial score (nSPS) is 16.9. The fourth-order valence-electron chi connectivity index (χ4n) is 2.48. The third-order valence-corrected chi connectivity index (χ3v) is 3.38. The van der Waals surface area contributed by atoms with Crippen LogP contribution in [-0.4, -0.2) is 11.3 Å². The predicted octanol–water partition coefficient (Wildman–Crippen LogP) is 3.81. The summed E-state index contributed by atoms with van der Waals surface area (Å²) in [5.74, 6) is 1.19. The molecule has 0 aromatic heterocycles. The lowest BCUT2D eigenvalue weighted by molar-refractivity contribution is 0.139. The highest BCUT2D eigenvalue weighted by Crippen LogP contribution is 2.37. The van der Waals surface area contributed by atoms with Gasteiger partial charge in [-0.1, -0.05) is 36.4 Å². The summed E-state index contributed by atoms with van der Waals surface area (Å²) in [6, 6.07) is 15.0. The molecule has 0 spiro atoms. The maximum Gasteiger partial charge on any atom is 0.511 e. The second-order valence-corrected chi connectivity index (χ2v) is 4.66. The van der Waals surface area contributed by atoms with Crippen LogP contribution in [0.4, 0.5) is 4.79 Å². The Hall–Kier alpha value is -2.49. The minimum absolute atomic E-state index is 0.180. The largest absolute Gasteiger partial charge is 0.511 e. The molecule has 0 aliphatic carbocycles. The molecule has 0 fully saturated rings. The molecular formula is C16H14O4. The summed E-state index contributed by atoms with van der Waals surface area (Å²) in [7, 11) is 0. The maximum absolute atomic E-state index is 10.7. The summed E-state index contributed by atoms with van der Waals surface area (Å²) in [5, 5.41) is 8.78. The van der Waals surface area contributed by atoms with Crippen LogP contribution < -0.4 is 9.47 Å². The highest BCUT2D eigenvalue weighted by atomic mass is 16.7. The number of ether oxygens (including phenoxy) is 2. The molecule has 0 saturated carbocycles. The van der Waals surface area contributed by atoms with Gasteiger partial charge < -0.3 is 14.6 Å². The van der Waals surface area contributed by atoms with E-state index in [1.807, 2.05) is 36.4 Å². The van der Waals surface area contributed by atoms with E-state index in [0.717, 1.165) is 24.2 Å². The fraction of sp³-hybridized carbons (Fsp3) is 0.188. The molecular weight excluding hydrogens is 256 g/mol. The monoisotopic (exact) mass is 270 g/mol. The van der Waals surface area contributed by atoms with Crippen molar-refractivity contribution >= 4 is 6.16 Å². The zero-order valence-corrected chi connectivity index (χ0v) is 10.8. The second-order valence-electron chi connectivity index (χ2n) is 4.66. The molecule has 1 aliphatic heterocycles. The number of carbonyl (C=O) groups is 1. The van der Waals surface area contributed by atoms with Crippen LogP contribution in [0.1, 0.15) is 23.7 Å². The van der Waals surface area contributed by atoms with Crippen molar-refractivity contribution in [1.82, 2.24) is 0 Å². The molecule has 4 nitrogen and oxygen atoms in total. The van der Waals surface area contributed by atoms with Gasteiger partial charge in [-0.15, -0.1) is 0 Å². The zero-order chi connectivity index (χ0) is 13.9. The average molecular weight is 270 g/mol. The van der Waals surface area contributed by atoms with Gasteiger partial charge in [0.15, 0.2) is 0 Å². The Morgan fingerprint density at radius 1 is 1.15 bits per heavy atom. The molecule has 1 atom stereocenters. The quantitative estimate of drug-likeness (QED) is 0.666. The van der Waals surface area contributed by atoms with Gasteiger partial charge in [-0.25, -0.2) is 4.79 Å². The summed E-state index contributed by atoms with van der Waals surface area (Å²) < 4.78 is 10.8. The van der Waals surface area contributed by atoms with Gasteiger partial charge in [0.05, 0.1) is 0 Å². The first kappa shape index (κ1) is 12.5. The Morgan fingerprint density at radius 2 is 1.90 bits per heavy atom. The molecule has 3 rings (SSSR count). The summed E-state index contributed by atoms with van der Waals surface area (Å²) in [4.78, 5) is 10.7.